The number of carbonyl (C=O) groups excluding carboxylic acids is 1. The molecule has 0 unspecified atom stereocenters. The highest BCUT2D eigenvalue weighted by Crippen LogP contribution is 2.30. The number of hydrogen-bond donors (Lipinski definition) is 1. The predicted molar refractivity (Wildman–Crippen MR) is 104 cm³/mol. The van der Waals surface area contributed by atoms with Gasteiger partial charge < -0.3 is 24.1 Å². The third kappa shape index (κ3) is 5.51. The van der Waals surface area contributed by atoms with Gasteiger partial charge in [0, 0.05) is 5.56 Å². The van der Waals surface area contributed by atoms with Crippen molar-refractivity contribution in [1.82, 2.24) is 0 Å². The second-order valence-corrected chi connectivity index (χ2v) is 5.59. The first-order valence-corrected chi connectivity index (χ1v) is 8.54. The van der Waals surface area contributed by atoms with Crippen molar-refractivity contribution < 1.29 is 33.6 Å². The van der Waals surface area contributed by atoms with Crippen LogP contribution in [0.5, 0.6) is 23.0 Å². The lowest BCUT2D eigenvalue weighted by Crippen LogP contribution is -2.10. The molecule has 0 bridgehead atoms. The Kier molecular flexibility index (Phi) is 7.45. The van der Waals surface area contributed by atoms with E-state index in [0.29, 0.717) is 23.7 Å². The molecule has 2 aromatic carbocycles. The molecule has 28 heavy (non-hydrogen) atoms. The SMILES string of the molecule is CCOc1ccc(C=CC(=O)c2ccc(OCC(=O)O)c(OC)c2)cc1OC. The zero-order valence-electron chi connectivity index (χ0n) is 15.9. The standard InChI is InChI=1S/C21H22O7/c1-4-27-17-9-6-14(11-19(17)25-2)5-8-16(22)15-7-10-18(20(12-15)26-3)28-13-21(23)24/h5-12H,4,13H2,1-3H3,(H,23,24). The zero-order valence-corrected chi connectivity index (χ0v) is 15.9. The Morgan fingerprint density at radius 2 is 1.57 bits per heavy atom. The lowest BCUT2D eigenvalue weighted by Gasteiger charge is -2.10. The first kappa shape index (κ1) is 20.8. The Balaban J connectivity index is 2.16. The van der Waals surface area contributed by atoms with E-state index in [9.17, 15) is 9.59 Å². The van der Waals surface area contributed by atoms with Crippen LogP contribution in [0.25, 0.3) is 6.08 Å². The highest BCUT2D eigenvalue weighted by atomic mass is 16.5. The summed E-state index contributed by atoms with van der Waals surface area (Å²) in [5.41, 5.74) is 1.16. The Hall–Kier alpha value is -3.48. The Morgan fingerprint density at radius 3 is 2.21 bits per heavy atom. The molecule has 0 radical (unpaired) electrons. The summed E-state index contributed by atoms with van der Waals surface area (Å²) in [5.74, 6) is 0.407. The van der Waals surface area contributed by atoms with Crippen LogP contribution in [0.1, 0.15) is 22.8 Å². The van der Waals surface area contributed by atoms with Gasteiger partial charge in [-0.25, -0.2) is 4.79 Å². The van der Waals surface area contributed by atoms with Gasteiger partial charge in [-0.1, -0.05) is 12.1 Å². The van der Waals surface area contributed by atoms with Crippen molar-refractivity contribution >= 4 is 17.8 Å². The van der Waals surface area contributed by atoms with Crippen molar-refractivity contribution in [3.63, 3.8) is 0 Å². The lowest BCUT2D eigenvalue weighted by molar-refractivity contribution is -0.139. The molecule has 0 aliphatic heterocycles. The molecule has 7 nitrogen and oxygen atoms in total. The predicted octanol–water partition coefficient (Wildman–Crippen LogP) is 3.46. The summed E-state index contributed by atoms with van der Waals surface area (Å²) in [6.45, 7) is 1.92. The van der Waals surface area contributed by atoms with Crippen molar-refractivity contribution in [2.75, 3.05) is 27.4 Å². The number of allylic oxidation sites excluding steroid dienone is 1. The highest BCUT2D eigenvalue weighted by Gasteiger charge is 2.11. The summed E-state index contributed by atoms with van der Waals surface area (Å²) in [6, 6.07) is 9.93. The Labute approximate surface area is 163 Å². The smallest absolute Gasteiger partial charge is 0.341 e. The second-order valence-electron chi connectivity index (χ2n) is 5.59. The molecule has 148 valence electrons. The fourth-order valence-corrected chi connectivity index (χ4v) is 2.41. The fraction of sp³-hybridized carbons (Fsp3) is 0.238. The molecule has 0 heterocycles. The van der Waals surface area contributed by atoms with Crippen LogP contribution in [-0.4, -0.2) is 44.3 Å². The average molecular weight is 386 g/mol. The molecule has 0 saturated heterocycles. The molecule has 2 rings (SSSR count). The number of aliphatic carboxylic acids is 1. The van der Waals surface area contributed by atoms with Crippen molar-refractivity contribution in [2.45, 2.75) is 6.92 Å². The van der Waals surface area contributed by atoms with Gasteiger partial charge in [-0.2, -0.15) is 0 Å². The van der Waals surface area contributed by atoms with Crippen LogP contribution in [0.15, 0.2) is 42.5 Å². The number of carboxylic acid groups (broad SMARTS) is 1. The van der Waals surface area contributed by atoms with Crippen molar-refractivity contribution in [3.05, 3.63) is 53.6 Å². The molecule has 0 amide bonds. The summed E-state index contributed by atoms with van der Waals surface area (Å²) >= 11 is 0. The molecular weight excluding hydrogens is 364 g/mol. The van der Waals surface area contributed by atoms with Crippen molar-refractivity contribution in [3.8, 4) is 23.0 Å². The molecule has 0 aliphatic rings. The summed E-state index contributed by atoms with van der Waals surface area (Å²) in [5, 5.41) is 8.70. The van der Waals surface area contributed by atoms with Crippen LogP contribution in [0.4, 0.5) is 0 Å². The van der Waals surface area contributed by atoms with Gasteiger partial charge in [-0.15, -0.1) is 0 Å². The van der Waals surface area contributed by atoms with E-state index in [1.807, 2.05) is 13.0 Å². The number of hydrogen-bond acceptors (Lipinski definition) is 6. The number of ketones is 1. The van der Waals surface area contributed by atoms with Crippen LogP contribution in [0.2, 0.25) is 0 Å². The van der Waals surface area contributed by atoms with Crippen molar-refractivity contribution in [2.24, 2.45) is 0 Å². The van der Waals surface area contributed by atoms with Crippen molar-refractivity contribution in [1.29, 1.82) is 0 Å². The minimum absolute atomic E-state index is 0.240. The third-order valence-corrected chi connectivity index (χ3v) is 3.71. The van der Waals surface area contributed by atoms with Gasteiger partial charge in [0.25, 0.3) is 0 Å². The van der Waals surface area contributed by atoms with E-state index in [2.05, 4.69) is 0 Å². The quantitative estimate of drug-likeness (QED) is 0.494. The Bertz CT molecular complexity index is 871. The summed E-state index contributed by atoms with van der Waals surface area (Å²) in [6.07, 6.45) is 3.10. The molecule has 1 N–H and O–H groups in total. The van der Waals surface area contributed by atoms with Crippen LogP contribution < -0.4 is 18.9 Å². The normalized spacial score (nSPS) is 10.5. The van der Waals surface area contributed by atoms with E-state index in [1.54, 1.807) is 31.4 Å². The molecule has 0 aromatic heterocycles. The number of ether oxygens (including phenoxy) is 4. The molecule has 0 aliphatic carbocycles. The van der Waals surface area contributed by atoms with Gasteiger partial charge in [0.05, 0.1) is 20.8 Å². The van der Waals surface area contributed by atoms with Gasteiger partial charge in [0.15, 0.2) is 35.4 Å². The maximum absolute atomic E-state index is 12.5. The van der Waals surface area contributed by atoms with E-state index in [0.717, 1.165) is 5.56 Å². The van der Waals surface area contributed by atoms with Gasteiger partial charge in [-0.05, 0) is 48.9 Å². The monoisotopic (exact) mass is 386 g/mol. The van der Waals surface area contributed by atoms with Gasteiger partial charge in [0.2, 0.25) is 0 Å². The van der Waals surface area contributed by atoms with Crippen LogP contribution in [0.3, 0.4) is 0 Å². The first-order valence-electron chi connectivity index (χ1n) is 8.54. The highest BCUT2D eigenvalue weighted by molar-refractivity contribution is 6.07. The summed E-state index contributed by atoms with van der Waals surface area (Å²) in [7, 11) is 2.97. The van der Waals surface area contributed by atoms with Gasteiger partial charge in [0.1, 0.15) is 0 Å². The van der Waals surface area contributed by atoms with E-state index in [-0.39, 0.29) is 17.3 Å². The third-order valence-electron chi connectivity index (χ3n) is 3.71. The largest absolute Gasteiger partial charge is 0.493 e. The molecule has 2 aromatic rings. The van der Waals surface area contributed by atoms with Crippen LogP contribution in [-0.2, 0) is 4.79 Å². The van der Waals surface area contributed by atoms with E-state index in [4.69, 9.17) is 24.1 Å². The molecule has 0 saturated carbocycles. The molecule has 7 heteroatoms. The summed E-state index contributed by atoms with van der Waals surface area (Å²) < 4.78 is 21.1. The van der Waals surface area contributed by atoms with Gasteiger partial charge >= 0.3 is 5.97 Å². The molecule has 0 atom stereocenters. The number of rotatable bonds is 10. The van der Waals surface area contributed by atoms with E-state index >= 15 is 0 Å². The topological polar surface area (TPSA) is 91.3 Å². The fourth-order valence-electron chi connectivity index (χ4n) is 2.41. The van der Waals surface area contributed by atoms with E-state index in [1.165, 1.54) is 25.3 Å². The zero-order chi connectivity index (χ0) is 20.5. The average Bonchev–Trinajstić information content (AvgIpc) is 2.71. The maximum atomic E-state index is 12.5. The number of carboxylic acids is 1. The maximum Gasteiger partial charge on any atom is 0.341 e. The second kappa shape index (κ2) is 10.0. The van der Waals surface area contributed by atoms with Gasteiger partial charge in [-0.3, -0.25) is 4.79 Å². The summed E-state index contributed by atoms with van der Waals surface area (Å²) in [4.78, 5) is 23.1. The number of benzene rings is 2. The lowest BCUT2D eigenvalue weighted by atomic mass is 10.1. The van der Waals surface area contributed by atoms with Crippen LogP contribution in [0, 0.1) is 0 Å². The van der Waals surface area contributed by atoms with E-state index < -0.39 is 12.6 Å². The number of methoxy groups -OCH3 is 2. The minimum atomic E-state index is -1.10. The number of carbonyl (C=O) groups is 2. The first-order chi connectivity index (χ1) is 13.5. The molecular formula is C21H22O7. The Morgan fingerprint density at radius 1 is 0.929 bits per heavy atom. The molecule has 0 fully saturated rings. The minimum Gasteiger partial charge on any atom is -0.493 e. The van der Waals surface area contributed by atoms with Crippen LogP contribution >= 0.6 is 0 Å². The molecule has 0 spiro atoms.